The van der Waals surface area contributed by atoms with Crippen LogP contribution in [-0.4, -0.2) is 23.3 Å². The summed E-state index contributed by atoms with van der Waals surface area (Å²) < 4.78 is 13.0. The van der Waals surface area contributed by atoms with E-state index < -0.39 is 0 Å². The predicted molar refractivity (Wildman–Crippen MR) is 61.5 cm³/mol. The van der Waals surface area contributed by atoms with E-state index in [-0.39, 0.29) is 5.82 Å². The first-order valence-electron chi connectivity index (χ1n) is 5.38. The van der Waals surface area contributed by atoms with Gasteiger partial charge in [-0.05, 0) is 36.7 Å². The largest absolute Gasteiger partial charge is 0.312 e. The third-order valence-corrected chi connectivity index (χ3v) is 2.86. The van der Waals surface area contributed by atoms with Crippen LogP contribution in [0, 0.1) is 5.82 Å². The number of fused-ring (bicyclic) bond motifs is 1. The number of rotatable bonds is 1. The van der Waals surface area contributed by atoms with Gasteiger partial charge in [0.2, 0.25) is 0 Å². The fourth-order valence-electron chi connectivity index (χ4n) is 2.06. The predicted octanol–water partition coefficient (Wildman–Crippen LogP) is 2.08. The van der Waals surface area contributed by atoms with Gasteiger partial charge in [0, 0.05) is 11.9 Å². The lowest BCUT2D eigenvalue weighted by molar-refractivity contribution is 0.629. The third kappa shape index (κ3) is 1.51. The molecule has 4 heteroatoms. The number of aromatic nitrogens is 2. The molecule has 0 saturated carbocycles. The second kappa shape index (κ2) is 3.72. The van der Waals surface area contributed by atoms with E-state index in [1.807, 2.05) is 0 Å². The van der Waals surface area contributed by atoms with Gasteiger partial charge in [-0.25, -0.2) is 4.39 Å². The maximum atomic E-state index is 13.0. The summed E-state index contributed by atoms with van der Waals surface area (Å²) in [5.41, 5.74) is 2.87. The van der Waals surface area contributed by atoms with E-state index >= 15 is 0 Å². The first-order chi connectivity index (χ1) is 7.84. The molecule has 16 heavy (non-hydrogen) atoms. The van der Waals surface area contributed by atoms with E-state index in [1.165, 1.54) is 17.7 Å². The molecule has 0 radical (unpaired) electrons. The third-order valence-electron chi connectivity index (χ3n) is 2.86. The van der Waals surface area contributed by atoms with Crippen molar-refractivity contribution in [3.05, 3.63) is 35.8 Å². The second-order valence-corrected chi connectivity index (χ2v) is 3.96. The van der Waals surface area contributed by atoms with Crippen LogP contribution in [0.5, 0.6) is 0 Å². The van der Waals surface area contributed by atoms with Crippen molar-refractivity contribution in [2.75, 3.05) is 13.1 Å². The van der Waals surface area contributed by atoms with Crippen molar-refractivity contribution in [1.82, 2.24) is 15.5 Å². The Morgan fingerprint density at radius 3 is 3.06 bits per heavy atom. The molecule has 0 bridgehead atoms. The van der Waals surface area contributed by atoms with Crippen LogP contribution in [0.3, 0.4) is 0 Å². The summed E-state index contributed by atoms with van der Waals surface area (Å²) in [6, 6.07) is 4.72. The molecular formula is C12H12FN3. The Morgan fingerprint density at radius 1 is 1.31 bits per heavy atom. The summed E-state index contributed by atoms with van der Waals surface area (Å²) in [6.07, 6.45) is 3.21. The minimum absolute atomic E-state index is 0.238. The fraction of sp³-hybridized carbons (Fsp3) is 0.250. The molecule has 2 aromatic rings. The van der Waals surface area contributed by atoms with Crippen LogP contribution in [0.2, 0.25) is 0 Å². The van der Waals surface area contributed by atoms with E-state index in [0.29, 0.717) is 0 Å². The Balaban J connectivity index is 2.13. The molecular weight excluding hydrogens is 205 g/mol. The molecule has 3 nitrogen and oxygen atoms in total. The molecule has 0 aliphatic carbocycles. The van der Waals surface area contributed by atoms with Gasteiger partial charge in [-0.2, -0.15) is 5.10 Å². The lowest BCUT2D eigenvalue weighted by Gasteiger charge is -2.12. The van der Waals surface area contributed by atoms with Crippen molar-refractivity contribution >= 4 is 16.5 Å². The van der Waals surface area contributed by atoms with E-state index in [1.54, 1.807) is 6.07 Å². The topological polar surface area (TPSA) is 40.7 Å². The summed E-state index contributed by atoms with van der Waals surface area (Å²) in [4.78, 5) is 0. The van der Waals surface area contributed by atoms with E-state index in [4.69, 9.17) is 0 Å². The number of nitrogens with zero attached hydrogens (tertiary/aromatic N) is 1. The Kier molecular flexibility index (Phi) is 2.22. The highest BCUT2D eigenvalue weighted by Crippen LogP contribution is 2.24. The zero-order valence-electron chi connectivity index (χ0n) is 8.76. The maximum absolute atomic E-state index is 13.0. The molecule has 0 fully saturated rings. The molecule has 2 heterocycles. The number of hydrogen-bond acceptors (Lipinski definition) is 2. The Bertz CT molecular complexity index is 556. The SMILES string of the molecule is Fc1ccc2c(C3=CCCNC3)n[nH]c2c1. The number of H-pyrrole nitrogens is 1. The molecule has 1 aliphatic heterocycles. The number of halogens is 1. The van der Waals surface area contributed by atoms with Crippen LogP contribution >= 0.6 is 0 Å². The van der Waals surface area contributed by atoms with Crippen molar-refractivity contribution in [2.45, 2.75) is 6.42 Å². The van der Waals surface area contributed by atoms with Gasteiger partial charge < -0.3 is 5.32 Å². The van der Waals surface area contributed by atoms with Crippen LogP contribution in [0.4, 0.5) is 4.39 Å². The van der Waals surface area contributed by atoms with E-state index in [9.17, 15) is 4.39 Å². The van der Waals surface area contributed by atoms with Crippen LogP contribution < -0.4 is 5.32 Å². The van der Waals surface area contributed by atoms with Crippen LogP contribution in [0.1, 0.15) is 12.1 Å². The summed E-state index contributed by atoms with van der Waals surface area (Å²) in [7, 11) is 0. The first-order valence-corrected chi connectivity index (χ1v) is 5.38. The molecule has 0 atom stereocenters. The first kappa shape index (κ1) is 9.54. The Morgan fingerprint density at radius 2 is 2.25 bits per heavy atom. The van der Waals surface area contributed by atoms with Gasteiger partial charge in [0.05, 0.1) is 11.2 Å². The summed E-state index contributed by atoms with van der Waals surface area (Å²) >= 11 is 0. The highest BCUT2D eigenvalue weighted by atomic mass is 19.1. The Labute approximate surface area is 92.4 Å². The van der Waals surface area contributed by atoms with E-state index in [2.05, 4.69) is 21.6 Å². The molecule has 1 aromatic heterocycles. The summed E-state index contributed by atoms with van der Waals surface area (Å²) in [5, 5.41) is 11.4. The monoisotopic (exact) mass is 217 g/mol. The summed E-state index contributed by atoms with van der Waals surface area (Å²) in [6.45, 7) is 1.85. The number of benzene rings is 1. The average molecular weight is 217 g/mol. The molecule has 2 N–H and O–H groups in total. The average Bonchev–Trinajstić information content (AvgIpc) is 2.73. The van der Waals surface area contributed by atoms with Crippen LogP contribution in [0.25, 0.3) is 16.5 Å². The van der Waals surface area contributed by atoms with Gasteiger partial charge >= 0.3 is 0 Å². The molecule has 1 aliphatic rings. The van der Waals surface area contributed by atoms with Gasteiger partial charge in [-0.15, -0.1) is 0 Å². The fourth-order valence-corrected chi connectivity index (χ4v) is 2.06. The molecule has 3 rings (SSSR count). The standard InChI is InChI=1S/C12H12FN3/c13-9-3-4-10-11(6-9)15-16-12(10)8-2-1-5-14-7-8/h2-4,6,14H,1,5,7H2,(H,15,16). The van der Waals surface area contributed by atoms with Gasteiger partial charge in [-0.1, -0.05) is 6.08 Å². The number of aromatic amines is 1. The molecule has 0 saturated heterocycles. The normalized spacial score (nSPS) is 16.4. The maximum Gasteiger partial charge on any atom is 0.125 e. The summed E-state index contributed by atoms with van der Waals surface area (Å²) in [5.74, 6) is -0.238. The van der Waals surface area contributed by atoms with Crippen molar-refractivity contribution in [1.29, 1.82) is 0 Å². The molecule has 0 unspecified atom stereocenters. The van der Waals surface area contributed by atoms with Crippen molar-refractivity contribution in [3.8, 4) is 0 Å². The van der Waals surface area contributed by atoms with Crippen LogP contribution in [0.15, 0.2) is 24.3 Å². The quantitative estimate of drug-likeness (QED) is 0.767. The Hall–Kier alpha value is -1.68. The minimum Gasteiger partial charge on any atom is -0.312 e. The van der Waals surface area contributed by atoms with Gasteiger partial charge in [0.1, 0.15) is 5.82 Å². The highest BCUT2D eigenvalue weighted by molar-refractivity contribution is 5.90. The number of nitrogens with one attached hydrogen (secondary N) is 2. The molecule has 1 aromatic carbocycles. The van der Waals surface area contributed by atoms with Gasteiger partial charge in [-0.3, -0.25) is 5.10 Å². The molecule has 0 amide bonds. The zero-order chi connectivity index (χ0) is 11.0. The van der Waals surface area contributed by atoms with Gasteiger partial charge in [0.15, 0.2) is 0 Å². The molecule has 82 valence electrons. The van der Waals surface area contributed by atoms with Crippen molar-refractivity contribution in [2.24, 2.45) is 0 Å². The van der Waals surface area contributed by atoms with Crippen molar-refractivity contribution in [3.63, 3.8) is 0 Å². The van der Waals surface area contributed by atoms with Gasteiger partial charge in [0.25, 0.3) is 0 Å². The van der Waals surface area contributed by atoms with Crippen molar-refractivity contribution < 1.29 is 4.39 Å². The lowest BCUT2D eigenvalue weighted by Crippen LogP contribution is -2.21. The smallest absolute Gasteiger partial charge is 0.125 e. The van der Waals surface area contributed by atoms with Crippen LogP contribution in [-0.2, 0) is 0 Å². The number of hydrogen-bond donors (Lipinski definition) is 2. The second-order valence-electron chi connectivity index (χ2n) is 3.96. The highest BCUT2D eigenvalue weighted by Gasteiger charge is 2.12. The zero-order valence-corrected chi connectivity index (χ0v) is 8.76. The lowest BCUT2D eigenvalue weighted by atomic mass is 10.0. The minimum atomic E-state index is -0.238. The molecule has 0 spiro atoms. The van der Waals surface area contributed by atoms with E-state index in [0.717, 1.165) is 36.1 Å².